The zero-order valence-corrected chi connectivity index (χ0v) is 13.4. The maximum absolute atomic E-state index is 12.5. The van der Waals surface area contributed by atoms with Crippen LogP contribution in [-0.2, 0) is 9.59 Å². The minimum atomic E-state index is -1.08. The third-order valence-electron chi connectivity index (χ3n) is 3.54. The van der Waals surface area contributed by atoms with Crippen molar-refractivity contribution in [2.45, 2.75) is 12.1 Å². The van der Waals surface area contributed by atoms with E-state index in [1.165, 1.54) is 11.3 Å². The van der Waals surface area contributed by atoms with Gasteiger partial charge in [0.1, 0.15) is 17.6 Å². The summed E-state index contributed by atoms with van der Waals surface area (Å²) in [6, 6.07) is 1.62. The van der Waals surface area contributed by atoms with Gasteiger partial charge < -0.3 is 20.9 Å². The second-order valence-electron chi connectivity index (χ2n) is 5.21. The molecule has 1 fully saturated rings. The van der Waals surface area contributed by atoms with Gasteiger partial charge in [0.05, 0.1) is 0 Å². The van der Waals surface area contributed by atoms with Gasteiger partial charge in [-0.1, -0.05) is 6.07 Å². The normalized spacial score (nSPS) is 17.1. The molecule has 1 saturated heterocycles. The Kier molecular flexibility index (Phi) is 4.48. The quantitative estimate of drug-likeness (QED) is 0.397. The lowest BCUT2D eigenvalue weighted by atomic mass is 10.1. The monoisotopic (exact) mass is 363 g/mol. The van der Waals surface area contributed by atoms with E-state index in [0.29, 0.717) is 11.4 Å². The standard InChI is InChI=1S/C14H13N5O5S/c20-10(6-4-16-14(24)19-11(6)21)18-9(8-2-1-3-25-8)13(23)17-7-5-15-12(7)22/h1-4,7,9H,5H2,(H,15,22)(H,17,23)(H,18,20)(H2,16,19,21,24). The Bertz CT molecular complexity index is 932. The van der Waals surface area contributed by atoms with Gasteiger partial charge in [0, 0.05) is 17.6 Å². The zero-order valence-electron chi connectivity index (χ0n) is 12.6. The Morgan fingerprint density at radius 2 is 2.08 bits per heavy atom. The fourth-order valence-electron chi connectivity index (χ4n) is 2.17. The first-order valence-electron chi connectivity index (χ1n) is 7.20. The molecule has 2 aromatic heterocycles. The number of amides is 3. The second kappa shape index (κ2) is 6.73. The predicted molar refractivity (Wildman–Crippen MR) is 87.2 cm³/mol. The third kappa shape index (κ3) is 3.50. The summed E-state index contributed by atoms with van der Waals surface area (Å²) < 4.78 is 0. The van der Waals surface area contributed by atoms with E-state index in [0.717, 1.165) is 6.20 Å². The van der Waals surface area contributed by atoms with Crippen LogP contribution in [0, 0.1) is 0 Å². The van der Waals surface area contributed by atoms with Crippen LogP contribution in [0.4, 0.5) is 0 Å². The molecule has 1 aliphatic rings. The van der Waals surface area contributed by atoms with Gasteiger partial charge in [0.2, 0.25) is 11.8 Å². The highest BCUT2D eigenvalue weighted by atomic mass is 32.1. The van der Waals surface area contributed by atoms with Crippen molar-refractivity contribution in [2.75, 3.05) is 6.54 Å². The van der Waals surface area contributed by atoms with Crippen molar-refractivity contribution in [1.29, 1.82) is 0 Å². The van der Waals surface area contributed by atoms with Crippen LogP contribution >= 0.6 is 11.3 Å². The number of thiophene rings is 1. The summed E-state index contributed by atoms with van der Waals surface area (Å²) in [6.45, 7) is 0.315. The summed E-state index contributed by atoms with van der Waals surface area (Å²) >= 11 is 1.24. The molecule has 25 heavy (non-hydrogen) atoms. The summed E-state index contributed by atoms with van der Waals surface area (Å²) in [5, 5.41) is 9.21. The first-order chi connectivity index (χ1) is 12.0. The molecule has 0 spiro atoms. The molecule has 3 heterocycles. The van der Waals surface area contributed by atoms with Crippen LogP contribution in [0.3, 0.4) is 0 Å². The number of carbonyl (C=O) groups excluding carboxylic acids is 3. The Hall–Kier alpha value is -3.21. The molecule has 11 heteroatoms. The lowest BCUT2D eigenvalue weighted by molar-refractivity contribution is -0.134. The van der Waals surface area contributed by atoms with Gasteiger partial charge in [0.15, 0.2) is 0 Å². The largest absolute Gasteiger partial charge is 0.352 e. The average Bonchev–Trinajstić information content (AvgIpc) is 3.10. The Balaban J connectivity index is 1.81. The summed E-state index contributed by atoms with van der Waals surface area (Å²) in [4.78, 5) is 63.5. The number of aromatic nitrogens is 2. The highest BCUT2D eigenvalue weighted by Gasteiger charge is 2.33. The van der Waals surface area contributed by atoms with E-state index in [-0.39, 0.29) is 11.5 Å². The molecule has 3 rings (SSSR count). The highest BCUT2D eigenvalue weighted by Crippen LogP contribution is 2.20. The molecular formula is C14H13N5O5S. The number of hydrogen-bond donors (Lipinski definition) is 5. The number of carbonyl (C=O) groups is 3. The van der Waals surface area contributed by atoms with Crippen LogP contribution in [-0.4, -0.2) is 40.3 Å². The van der Waals surface area contributed by atoms with E-state index in [4.69, 9.17) is 0 Å². The second-order valence-corrected chi connectivity index (χ2v) is 6.19. The van der Waals surface area contributed by atoms with Gasteiger partial charge in [-0.2, -0.15) is 0 Å². The number of hydrogen-bond acceptors (Lipinski definition) is 6. The fourth-order valence-corrected chi connectivity index (χ4v) is 2.94. The molecule has 5 N–H and O–H groups in total. The Morgan fingerprint density at radius 3 is 2.64 bits per heavy atom. The van der Waals surface area contributed by atoms with Crippen molar-refractivity contribution >= 4 is 29.1 Å². The van der Waals surface area contributed by atoms with Gasteiger partial charge in [-0.05, 0) is 11.4 Å². The molecule has 130 valence electrons. The first-order valence-corrected chi connectivity index (χ1v) is 8.08. The topological polar surface area (TPSA) is 153 Å². The van der Waals surface area contributed by atoms with Gasteiger partial charge in [-0.25, -0.2) is 4.79 Å². The molecular weight excluding hydrogens is 350 g/mol. The van der Waals surface area contributed by atoms with Crippen molar-refractivity contribution in [2.24, 2.45) is 0 Å². The van der Waals surface area contributed by atoms with Gasteiger partial charge >= 0.3 is 5.69 Å². The van der Waals surface area contributed by atoms with Crippen LogP contribution in [0.15, 0.2) is 33.3 Å². The minimum absolute atomic E-state index is 0.304. The van der Waals surface area contributed by atoms with E-state index in [1.807, 2.05) is 4.98 Å². The SMILES string of the molecule is O=C(NC(C(=O)NC1CNC1=O)c1cccs1)c1c[nH]c(=O)[nH]c1=O. The van der Waals surface area contributed by atoms with Gasteiger partial charge in [-0.3, -0.25) is 24.2 Å². The molecule has 2 aromatic rings. The molecule has 1 aliphatic heterocycles. The lowest BCUT2D eigenvalue weighted by Crippen LogP contribution is -2.63. The van der Waals surface area contributed by atoms with Crippen LogP contribution in [0.5, 0.6) is 0 Å². The molecule has 0 saturated carbocycles. The summed E-state index contributed by atoms with van der Waals surface area (Å²) in [5.74, 6) is -1.71. The molecule has 0 bridgehead atoms. The molecule has 0 aliphatic carbocycles. The first kappa shape index (κ1) is 16.6. The minimum Gasteiger partial charge on any atom is -0.352 e. The van der Waals surface area contributed by atoms with Gasteiger partial charge in [-0.15, -0.1) is 11.3 Å². The molecule has 3 amide bonds. The molecule has 10 nitrogen and oxygen atoms in total. The van der Waals surface area contributed by atoms with Crippen molar-refractivity contribution in [1.82, 2.24) is 25.9 Å². The summed E-state index contributed by atoms with van der Waals surface area (Å²) in [6.07, 6.45) is 0.971. The number of β-lactam (4-membered cyclic amide) rings is 1. The predicted octanol–water partition coefficient (Wildman–Crippen LogP) is -1.79. The molecule has 2 unspecified atom stereocenters. The number of nitrogens with one attached hydrogen (secondary N) is 5. The summed E-state index contributed by atoms with van der Waals surface area (Å²) in [7, 11) is 0. The third-order valence-corrected chi connectivity index (χ3v) is 4.48. The van der Waals surface area contributed by atoms with Crippen molar-refractivity contribution in [3.8, 4) is 0 Å². The zero-order chi connectivity index (χ0) is 18.0. The number of aromatic amines is 2. The van der Waals surface area contributed by atoms with E-state index in [2.05, 4.69) is 20.9 Å². The molecule has 0 aromatic carbocycles. The van der Waals surface area contributed by atoms with E-state index >= 15 is 0 Å². The van der Waals surface area contributed by atoms with Crippen LogP contribution < -0.4 is 27.2 Å². The van der Waals surface area contributed by atoms with Gasteiger partial charge in [0.25, 0.3) is 11.5 Å². The van der Waals surface area contributed by atoms with Crippen LogP contribution in [0.25, 0.3) is 0 Å². The molecule has 2 atom stereocenters. The smallest absolute Gasteiger partial charge is 0.325 e. The maximum Gasteiger partial charge on any atom is 0.325 e. The number of H-pyrrole nitrogens is 2. The highest BCUT2D eigenvalue weighted by molar-refractivity contribution is 7.10. The number of rotatable bonds is 5. The molecule has 0 radical (unpaired) electrons. The van der Waals surface area contributed by atoms with Crippen LogP contribution in [0.1, 0.15) is 21.3 Å². The van der Waals surface area contributed by atoms with Crippen molar-refractivity contribution in [3.05, 3.63) is 55.0 Å². The van der Waals surface area contributed by atoms with E-state index in [9.17, 15) is 24.0 Å². The van der Waals surface area contributed by atoms with E-state index < -0.39 is 35.1 Å². The maximum atomic E-state index is 12.5. The Morgan fingerprint density at radius 1 is 1.28 bits per heavy atom. The van der Waals surface area contributed by atoms with Crippen molar-refractivity contribution in [3.63, 3.8) is 0 Å². The van der Waals surface area contributed by atoms with Crippen molar-refractivity contribution < 1.29 is 14.4 Å². The van der Waals surface area contributed by atoms with E-state index in [1.54, 1.807) is 17.5 Å². The lowest BCUT2D eigenvalue weighted by Gasteiger charge is -2.28. The average molecular weight is 363 g/mol. The summed E-state index contributed by atoms with van der Waals surface area (Å²) in [5.41, 5.74) is -1.95. The fraction of sp³-hybridized carbons (Fsp3) is 0.214. The van der Waals surface area contributed by atoms with Crippen LogP contribution in [0.2, 0.25) is 0 Å². The Labute approximate surface area is 143 Å².